The van der Waals surface area contributed by atoms with Gasteiger partial charge in [0.15, 0.2) is 0 Å². The Kier molecular flexibility index (Phi) is 5.48. The summed E-state index contributed by atoms with van der Waals surface area (Å²) in [5.74, 6) is 0.727. The molecule has 2 aliphatic heterocycles. The van der Waals surface area contributed by atoms with Gasteiger partial charge in [0, 0.05) is 51.9 Å². The van der Waals surface area contributed by atoms with Crippen LogP contribution < -0.4 is 5.56 Å². The van der Waals surface area contributed by atoms with Crippen molar-refractivity contribution in [1.29, 1.82) is 0 Å². The van der Waals surface area contributed by atoms with Crippen molar-refractivity contribution >= 4 is 0 Å². The summed E-state index contributed by atoms with van der Waals surface area (Å²) in [6.45, 7) is 9.13. The first kappa shape index (κ1) is 17.2. The summed E-state index contributed by atoms with van der Waals surface area (Å²) in [5, 5.41) is 4.63. The number of aromatic nitrogens is 2. The highest BCUT2D eigenvalue weighted by Gasteiger charge is 2.22. The second-order valence-corrected chi connectivity index (χ2v) is 7.76. The van der Waals surface area contributed by atoms with Gasteiger partial charge in [0.05, 0.1) is 18.8 Å². The van der Waals surface area contributed by atoms with Crippen molar-refractivity contribution in [1.82, 2.24) is 19.6 Å². The van der Waals surface area contributed by atoms with Gasteiger partial charge in [-0.3, -0.25) is 9.69 Å². The molecule has 2 fully saturated rings. The summed E-state index contributed by atoms with van der Waals surface area (Å²) >= 11 is 0. The number of nitrogens with zero attached hydrogens (tertiary/aromatic N) is 4. The maximum absolute atomic E-state index is 12.3. The van der Waals surface area contributed by atoms with Gasteiger partial charge in [-0.25, -0.2) is 4.68 Å². The van der Waals surface area contributed by atoms with Crippen molar-refractivity contribution in [2.75, 3.05) is 52.5 Å². The first-order chi connectivity index (χ1) is 12.3. The lowest BCUT2D eigenvalue weighted by atomic mass is 9.97. The molecule has 3 heterocycles. The van der Waals surface area contributed by atoms with Gasteiger partial charge in [0.1, 0.15) is 0 Å². The van der Waals surface area contributed by atoms with Crippen molar-refractivity contribution in [2.24, 2.45) is 5.92 Å². The summed E-state index contributed by atoms with van der Waals surface area (Å²) in [7, 11) is 0. The first-order valence-corrected chi connectivity index (χ1v) is 9.90. The van der Waals surface area contributed by atoms with E-state index < -0.39 is 0 Å². The van der Waals surface area contributed by atoms with Crippen LogP contribution in [-0.4, -0.2) is 72.1 Å². The fraction of sp³-hybridized carbons (Fsp3) is 0.789. The molecule has 1 aromatic rings. The minimum absolute atomic E-state index is 0.0699. The lowest BCUT2D eigenvalue weighted by Gasteiger charge is -2.35. The van der Waals surface area contributed by atoms with Gasteiger partial charge in [-0.15, -0.1) is 0 Å². The summed E-state index contributed by atoms with van der Waals surface area (Å²) in [4.78, 5) is 17.3. The fourth-order valence-corrected chi connectivity index (χ4v) is 4.29. The molecule has 0 amide bonds. The molecule has 6 heteroatoms. The van der Waals surface area contributed by atoms with Crippen LogP contribution in [-0.2, 0) is 24.1 Å². The Morgan fingerprint density at radius 1 is 1.08 bits per heavy atom. The molecule has 1 atom stereocenters. The summed E-state index contributed by atoms with van der Waals surface area (Å²) in [6.07, 6.45) is 5.65. The summed E-state index contributed by atoms with van der Waals surface area (Å²) in [6, 6.07) is 1.82. The number of aryl methyl sites for hydroxylation is 2. The van der Waals surface area contributed by atoms with Crippen LogP contribution in [0.5, 0.6) is 0 Å². The van der Waals surface area contributed by atoms with E-state index >= 15 is 0 Å². The first-order valence-electron chi connectivity index (χ1n) is 9.90. The molecular formula is C19H30N4O2. The number of ether oxygens (including phenoxy) is 1. The van der Waals surface area contributed by atoms with Crippen LogP contribution in [0.15, 0.2) is 10.9 Å². The van der Waals surface area contributed by atoms with Crippen LogP contribution >= 0.6 is 0 Å². The molecule has 0 bridgehead atoms. The maximum Gasteiger partial charge on any atom is 0.267 e. The molecule has 6 nitrogen and oxygen atoms in total. The Bertz CT molecular complexity index is 631. The highest BCUT2D eigenvalue weighted by molar-refractivity contribution is 5.20. The normalized spacial score (nSPS) is 25.2. The smallest absolute Gasteiger partial charge is 0.267 e. The van der Waals surface area contributed by atoms with Crippen LogP contribution in [0, 0.1) is 5.92 Å². The molecule has 3 aliphatic rings. The molecule has 2 saturated heterocycles. The van der Waals surface area contributed by atoms with Gasteiger partial charge in [0.2, 0.25) is 0 Å². The van der Waals surface area contributed by atoms with Crippen molar-refractivity contribution in [3.8, 4) is 0 Å². The van der Waals surface area contributed by atoms with Crippen LogP contribution in [0.3, 0.4) is 0 Å². The van der Waals surface area contributed by atoms with Gasteiger partial charge < -0.3 is 9.64 Å². The number of hydrogen-bond donors (Lipinski definition) is 0. The zero-order valence-electron chi connectivity index (χ0n) is 15.2. The zero-order valence-corrected chi connectivity index (χ0v) is 15.2. The third-order valence-corrected chi connectivity index (χ3v) is 5.91. The molecular weight excluding hydrogens is 316 g/mol. The van der Waals surface area contributed by atoms with E-state index in [1.165, 1.54) is 31.4 Å². The molecule has 4 rings (SSSR count). The van der Waals surface area contributed by atoms with Gasteiger partial charge >= 0.3 is 0 Å². The lowest BCUT2D eigenvalue weighted by molar-refractivity contribution is 0.107. The van der Waals surface area contributed by atoms with Crippen LogP contribution in [0.4, 0.5) is 0 Å². The van der Waals surface area contributed by atoms with Gasteiger partial charge in [-0.2, -0.15) is 5.10 Å². The van der Waals surface area contributed by atoms with Crippen molar-refractivity contribution in [3.05, 3.63) is 27.7 Å². The van der Waals surface area contributed by atoms with E-state index in [-0.39, 0.29) is 5.56 Å². The van der Waals surface area contributed by atoms with Crippen molar-refractivity contribution in [2.45, 2.75) is 38.6 Å². The molecule has 138 valence electrons. The highest BCUT2D eigenvalue weighted by atomic mass is 16.5. The molecule has 25 heavy (non-hydrogen) atoms. The predicted octanol–water partition coefficient (Wildman–Crippen LogP) is 0.776. The summed E-state index contributed by atoms with van der Waals surface area (Å²) in [5.41, 5.74) is 2.40. The summed E-state index contributed by atoms with van der Waals surface area (Å²) < 4.78 is 7.17. The van der Waals surface area contributed by atoms with Crippen LogP contribution in [0.1, 0.15) is 30.5 Å². The molecule has 1 unspecified atom stereocenters. The third-order valence-electron chi connectivity index (χ3n) is 5.91. The standard InChI is InChI=1S/C19H30N4O2/c24-19-13-17-3-1-2-4-18(17)20-23(19)11-10-21-6-8-22(9-7-21)14-16-5-12-25-15-16/h13,16H,1-12,14-15H2. The van der Waals surface area contributed by atoms with E-state index in [0.29, 0.717) is 6.54 Å². The van der Waals surface area contributed by atoms with Crippen LogP contribution in [0.2, 0.25) is 0 Å². The quantitative estimate of drug-likeness (QED) is 0.788. The van der Waals surface area contributed by atoms with Gasteiger partial charge in [-0.05, 0) is 43.6 Å². The SMILES string of the molecule is O=c1cc2c(nn1CCN1CCN(CC3CCOC3)CC1)CCCC2. The minimum atomic E-state index is 0.0699. The third kappa shape index (κ3) is 4.30. The Morgan fingerprint density at radius 3 is 2.68 bits per heavy atom. The number of hydrogen-bond acceptors (Lipinski definition) is 5. The van der Waals surface area contributed by atoms with Crippen molar-refractivity contribution in [3.63, 3.8) is 0 Å². The Hall–Kier alpha value is -1.24. The van der Waals surface area contributed by atoms with Crippen molar-refractivity contribution < 1.29 is 4.74 Å². The Balaban J connectivity index is 1.26. The molecule has 0 N–H and O–H groups in total. The Labute approximate surface area is 149 Å². The zero-order chi connectivity index (χ0) is 17.1. The molecule has 0 spiro atoms. The average Bonchev–Trinajstić information content (AvgIpc) is 3.14. The molecule has 1 aliphatic carbocycles. The van der Waals surface area contributed by atoms with E-state index in [0.717, 1.165) is 70.4 Å². The number of piperazine rings is 1. The molecule has 0 aromatic carbocycles. The van der Waals surface area contributed by atoms with E-state index in [2.05, 4.69) is 14.9 Å². The van der Waals surface area contributed by atoms with Gasteiger partial charge in [0.25, 0.3) is 5.56 Å². The Morgan fingerprint density at radius 2 is 1.88 bits per heavy atom. The topological polar surface area (TPSA) is 50.6 Å². The second-order valence-electron chi connectivity index (χ2n) is 7.76. The van der Waals surface area contributed by atoms with E-state index in [1.54, 1.807) is 4.68 Å². The monoisotopic (exact) mass is 346 g/mol. The maximum atomic E-state index is 12.3. The van der Waals surface area contributed by atoms with E-state index in [9.17, 15) is 4.79 Å². The van der Waals surface area contributed by atoms with E-state index in [1.807, 2.05) is 6.07 Å². The number of fused-ring (bicyclic) bond motifs is 1. The largest absolute Gasteiger partial charge is 0.381 e. The lowest BCUT2D eigenvalue weighted by Crippen LogP contribution is -2.48. The minimum Gasteiger partial charge on any atom is -0.381 e. The molecule has 0 saturated carbocycles. The highest BCUT2D eigenvalue weighted by Crippen LogP contribution is 2.17. The molecule has 0 radical (unpaired) electrons. The van der Waals surface area contributed by atoms with Gasteiger partial charge in [-0.1, -0.05) is 0 Å². The van der Waals surface area contributed by atoms with E-state index in [4.69, 9.17) is 4.74 Å². The fourth-order valence-electron chi connectivity index (χ4n) is 4.29. The predicted molar refractivity (Wildman–Crippen MR) is 96.9 cm³/mol. The number of rotatable bonds is 5. The average molecular weight is 346 g/mol. The van der Waals surface area contributed by atoms with Crippen LogP contribution in [0.25, 0.3) is 0 Å². The molecule has 1 aromatic heterocycles. The second kappa shape index (κ2) is 7.98.